The lowest BCUT2D eigenvalue weighted by Crippen LogP contribution is -2.56. The van der Waals surface area contributed by atoms with Crippen molar-refractivity contribution in [3.05, 3.63) is 58.6 Å². The molecule has 0 N–H and O–H groups in total. The second-order valence-corrected chi connectivity index (χ2v) is 7.99. The molecule has 1 heterocycles. The summed E-state index contributed by atoms with van der Waals surface area (Å²) < 4.78 is 57.2. The number of carbonyl (C=O) groups excluding carboxylic acids is 3. The van der Waals surface area contributed by atoms with Crippen molar-refractivity contribution < 1.29 is 46.5 Å². The van der Waals surface area contributed by atoms with Crippen LogP contribution in [-0.2, 0) is 25.4 Å². The number of imide groups is 1. The van der Waals surface area contributed by atoms with Gasteiger partial charge >= 0.3 is 24.5 Å². The minimum absolute atomic E-state index is 0.0357. The molecule has 3 amide bonds. The van der Waals surface area contributed by atoms with E-state index in [1.54, 1.807) is 18.2 Å². The van der Waals surface area contributed by atoms with E-state index in [9.17, 15) is 27.6 Å². The molecule has 0 bridgehead atoms. The van der Waals surface area contributed by atoms with E-state index in [0.29, 0.717) is 21.0 Å². The van der Waals surface area contributed by atoms with Crippen LogP contribution in [0.3, 0.4) is 0 Å². The number of alkyl halides is 3. The molecule has 0 spiro atoms. The normalized spacial score (nSPS) is 18.5. The molecule has 1 aliphatic carbocycles. The first-order valence-electron chi connectivity index (χ1n) is 10.1. The minimum Gasteiger partial charge on any atom is -0.467 e. The highest BCUT2D eigenvalue weighted by molar-refractivity contribution is 6.31. The molecule has 0 saturated carbocycles. The van der Waals surface area contributed by atoms with Gasteiger partial charge in [-0.25, -0.2) is 14.4 Å². The van der Waals surface area contributed by atoms with E-state index >= 15 is 0 Å². The average Bonchev–Trinajstić information content (AvgIpc) is 3.16. The predicted octanol–water partition coefficient (Wildman–Crippen LogP) is 4.09. The molecule has 0 fully saturated rings. The Morgan fingerprint density at radius 2 is 1.89 bits per heavy atom. The molecular formula is C22H17ClF3N3O7. The summed E-state index contributed by atoms with van der Waals surface area (Å²) in [5.41, 5.74) is -0.832. The van der Waals surface area contributed by atoms with Crippen LogP contribution < -0.4 is 9.64 Å². The number of rotatable bonds is 3. The van der Waals surface area contributed by atoms with Crippen molar-refractivity contribution in [2.45, 2.75) is 18.4 Å². The second-order valence-electron chi connectivity index (χ2n) is 7.55. The summed E-state index contributed by atoms with van der Waals surface area (Å²) in [6, 6.07) is 7.81. The van der Waals surface area contributed by atoms with Crippen LogP contribution in [0.15, 0.2) is 47.6 Å². The Labute approximate surface area is 206 Å². The monoisotopic (exact) mass is 527 g/mol. The van der Waals surface area contributed by atoms with Crippen molar-refractivity contribution in [3.63, 3.8) is 0 Å². The van der Waals surface area contributed by atoms with Crippen LogP contribution in [-0.4, -0.2) is 61.7 Å². The Morgan fingerprint density at radius 1 is 1.14 bits per heavy atom. The highest BCUT2D eigenvalue weighted by Gasteiger charge is 2.55. The van der Waals surface area contributed by atoms with E-state index in [2.05, 4.69) is 14.6 Å². The lowest BCUT2D eigenvalue weighted by Gasteiger charge is -2.35. The minimum atomic E-state index is -5.00. The van der Waals surface area contributed by atoms with Crippen LogP contribution in [0.1, 0.15) is 11.1 Å². The van der Waals surface area contributed by atoms with Crippen LogP contribution in [0.2, 0.25) is 5.02 Å². The van der Waals surface area contributed by atoms with Crippen molar-refractivity contribution in [1.82, 2.24) is 5.01 Å². The molecule has 2 aliphatic rings. The van der Waals surface area contributed by atoms with E-state index in [1.807, 2.05) is 0 Å². The van der Waals surface area contributed by atoms with Gasteiger partial charge in [-0.15, -0.1) is 13.2 Å². The average molecular weight is 528 g/mol. The molecule has 4 rings (SSSR count). The van der Waals surface area contributed by atoms with Gasteiger partial charge in [0, 0.05) is 23.1 Å². The van der Waals surface area contributed by atoms with Crippen LogP contribution in [0.4, 0.5) is 28.4 Å². The molecule has 0 unspecified atom stereocenters. The van der Waals surface area contributed by atoms with Crippen molar-refractivity contribution in [1.29, 1.82) is 0 Å². The number of benzene rings is 2. The van der Waals surface area contributed by atoms with E-state index in [4.69, 9.17) is 21.1 Å². The Hall–Kier alpha value is -3.84. The van der Waals surface area contributed by atoms with Gasteiger partial charge in [0.05, 0.1) is 19.9 Å². The van der Waals surface area contributed by atoms with E-state index in [1.165, 1.54) is 13.2 Å². The van der Waals surface area contributed by atoms with Gasteiger partial charge in [-0.2, -0.15) is 15.0 Å². The summed E-state index contributed by atoms with van der Waals surface area (Å²) in [5, 5.41) is 5.40. The first-order valence-corrected chi connectivity index (χ1v) is 10.5. The number of hydrogen-bond acceptors (Lipinski definition) is 8. The number of halogens is 4. The molecule has 2 aromatic rings. The van der Waals surface area contributed by atoms with E-state index < -0.39 is 42.5 Å². The number of ether oxygens (including phenoxy) is 4. The Morgan fingerprint density at radius 3 is 2.56 bits per heavy atom. The summed E-state index contributed by atoms with van der Waals surface area (Å²) in [6.45, 7) is -0.592. The number of hydrazone groups is 1. The predicted molar refractivity (Wildman–Crippen MR) is 118 cm³/mol. The fraction of sp³-hybridized carbons (Fsp3) is 0.273. The molecule has 36 heavy (non-hydrogen) atoms. The molecule has 1 aliphatic heterocycles. The maximum atomic E-state index is 13.4. The summed E-state index contributed by atoms with van der Waals surface area (Å²) in [6.07, 6.45) is -6.18. The molecule has 10 nitrogen and oxygen atoms in total. The third-order valence-corrected chi connectivity index (χ3v) is 5.63. The van der Waals surface area contributed by atoms with Crippen LogP contribution in [0.25, 0.3) is 0 Å². The van der Waals surface area contributed by atoms with Gasteiger partial charge < -0.3 is 18.9 Å². The van der Waals surface area contributed by atoms with Crippen LogP contribution in [0.5, 0.6) is 5.75 Å². The van der Waals surface area contributed by atoms with Crippen molar-refractivity contribution in [3.8, 4) is 5.75 Å². The summed E-state index contributed by atoms with van der Waals surface area (Å²) >= 11 is 6.07. The molecule has 0 saturated heterocycles. The fourth-order valence-corrected chi connectivity index (χ4v) is 4.09. The van der Waals surface area contributed by atoms with Gasteiger partial charge in [-0.3, -0.25) is 0 Å². The summed E-state index contributed by atoms with van der Waals surface area (Å²) in [7, 11) is 2.15. The molecule has 2 aromatic carbocycles. The van der Waals surface area contributed by atoms with Gasteiger partial charge in [-0.1, -0.05) is 23.7 Å². The van der Waals surface area contributed by atoms with Gasteiger partial charge in [0.15, 0.2) is 0 Å². The quantitative estimate of drug-likeness (QED) is 0.553. The van der Waals surface area contributed by atoms with Gasteiger partial charge in [0.2, 0.25) is 5.60 Å². The second kappa shape index (κ2) is 9.32. The van der Waals surface area contributed by atoms with Crippen molar-refractivity contribution >= 4 is 41.1 Å². The lowest BCUT2D eigenvalue weighted by atomic mass is 9.97. The maximum Gasteiger partial charge on any atom is 0.573 e. The standard InChI is InChI=1S/C22H17ClF3N3O7/c1-33-18(30)21-10-12-8-13(23)6-7-16(12)17(21)27-28(11-35-21)19(31)29(20(32)34-2)14-4-3-5-15(9-14)36-22(24,25)26/h3-9H,10-11H2,1-2H3/t21-/m1/s1. The zero-order valence-electron chi connectivity index (χ0n) is 18.7. The smallest absolute Gasteiger partial charge is 0.467 e. The topological polar surface area (TPSA) is 107 Å². The van der Waals surface area contributed by atoms with E-state index in [0.717, 1.165) is 30.3 Å². The SMILES string of the molecule is COC(=O)N(C(=O)N1CO[C@]2(C(=O)OC)Cc3cc(Cl)ccc3C2=N1)c1cccc(OC(F)(F)F)c1. The molecule has 0 aromatic heterocycles. The molecule has 1 atom stereocenters. The summed E-state index contributed by atoms with van der Waals surface area (Å²) in [5.74, 6) is -1.43. The number of anilines is 1. The van der Waals surface area contributed by atoms with Gasteiger partial charge in [0.1, 0.15) is 18.2 Å². The number of hydrogen-bond donors (Lipinski definition) is 0. The number of amides is 3. The highest BCUT2D eigenvalue weighted by atomic mass is 35.5. The number of methoxy groups -OCH3 is 2. The molecule has 190 valence electrons. The number of fused-ring (bicyclic) bond motifs is 3. The van der Waals surface area contributed by atoms with Crippen LogP contribution >= 0.6 is 11.6 Å². The number of carbonyl (C=O) groups is 3. The summed E-state index contributed by atoms with van der Waals surface area (Å²) in [4.78, 5) is 39.0. The van der Waals surface area contributed by atoms with Crippen molar-refractivity contribution in [2.75, 3.05) is 25.9 Å². The zero-order chi connectivity index (χ0) is 26.3. The first-order chi connectivity index (χ1) is 17.0. The molecular weight excluding hydrogens is 511 g/mol. The van der Waals surface area contributed by atoms with Gasteiger partial charge in [0.25, 0.3) is 0 Å². The number of nitrogens with zero attached hydrogens (tertiary/aromatic N) is 3. The number of urea groups is 1. The third kappa shape index (κ3) is 4.54. The maximum absolute atomic E-state index is 13.4. The largest absolute Gasteiger partial charge is 0.573 e. The van der Waals surface area contributed by atoms with E-state index in [-0.39, 0.29) is 17.8 Å². The zero-order valence-corrected chi connectivity index (χ0v) is 19.4. The Bertz CT molecular complexity index is 1270. The first kappa shape index (κ1) is 25.3. The lowest BCUT2D eigenvalue weighted by molar-refractivity contribution is -0.274. The molecule has 0 radical (unpaired) electrons. The number of esters is 1. The van der Waals surface area contributed by atoms with Gasteiger partial charge in [-0.05, 0) is 29.8 Å². The molecule has 14 heteroatoms. The Balaban J connectivity index is 1.74. The fourth-order valence-electron chi connectivity index (χ4n) is 3.89. The highest BCUT2D eigenvalue weighted by Crippen LogP contribution is 2.39. The Kier molecular flexibility index (Phi) is 6.54. The van der Waals surface area contributed by atoms with Crippen LogP contribution in [0, 0.1) is 0 Å². The van der Waals surface area contributed by atoms with Crippen molar-refractivity contribution in [2.24, 2.45) is 5.10 Å². The third-order valence-electron chi connectivity index (χ3n) is 5.39.